The third kappa shape index (κ3) is 6.17. The van der Waals surface area contributed by atoms with Crippen molar-refractivity contribution < 1.29 is 19.4 Å². The summed E-state index contributed by atoms with van der Waals surface area (Å²) in [5.74, 6) is -1.15. The molecule has 0 spiro atoms. The fourth-order valence-electron chi connectivity index (χ4n) is 1.33. The predicted molar refractivity (Wildman–Crippen MR) is 74.4 cm³/mol. The molecule has 0 bridgehead atoms. The molecule has 0 aromatic carbocycles. The number of rotatable bonds is 8. The number of nitrogens with one attached hydrogen (secondary N) is 1. The summed E-state index contributed by atoms with van der Waals surface area (Å²) in [5, 5.41) is 11.3. The van der Waals surface area contributed by atoms with E-state index in [0.717, 1.165) is 17.4 Å². The highest BCUT2D eigenvalue weighted by molar-refractivity contribution is 7.14. The molecule has 104 valence electrons. The van der Waals surface area contributed by atoms with Gasteiger partial charge in [-0.1, -0.05) is 0 Å². The first-order chi connectivity index (χ1) is 9.13. The molecule has 1 amide bonds. The Labute approximate surface area is 115 Å². The zero-order valence-corrected chi connectivity index (χ0v) is 11.5. The Balaban J connectivity index is 2.38. The Hall–Kier alpha value is -1.66. The van der Waals surface area contributed by atoms with Gasteiger partial charge in [-0.15, -0.1) is 11.3 Å². The fourth-order valence-corrected chi connectivity index (χ4v) is 2.15. The van der Waals surface area contributed by atoms with Crippen LogP contribution in [0.15, 0.2) is 18.2 Å². The van der Waals surface area contributed by atoms with E-state index >= 15 is 0 Å². The number of ether oxygens (including phenoxy) is 1. The lowest BCUT2D eigenvalue weighted by molar-refractivity contribution is -0.131. The molecule has 6 heteroatoms. The van der Waals surface area contributed by atoms with Crippen LogP contribution in [0.2, 0.25) is 0 Å². The molecule has 0 unspecified atom stereocenters. The SMILES string of the molecule is CCOCCCNC(=O)c1ccc(/C=C/C(=O)O)s1. The van der Waals surface area contributed by atoms with Gasteiger partial charge >= 0.3 is 5.97 Å². The molecule has 0 aliphatic rings. The highest BCUT2D eigenvalue weighted by Crippen LogP contribution is 2.17. The van der Waals surface area contributed by atoms with Gasteiger partial charge in [-0.05, 0) is 31.6 Å². The first-order valence-corrected chi connectivity index (χ1v) is 6.82. The van der Waals surface area contributed by atoms with Crippen LogP contribution >= 0.6 is 11.3 Å². The first-order valence-electron chi connectivity index (χ1n) is 6.00. The minimum atomic E-state index is -1.00. The van der Waals surface area contributed by atoms with E-state index in [0.29, 0.717) is 24.6 Å². The zero-order valence-electron chi connectivity index (χ0n) is 10.7. The van der Waals surface area contributed by atoms with E-state index in [1.165, 1.54) is 17.4 Å². The lowest BCUT2D eigenvalue weighted by Crippen LogP contribution is -2.24. The van der Waals surface area contributed by atoms with E-state index in [2.05, 4.69) is 5.32 Å². The average molecular weight is 283 g/mol. The van der Waals surface area contributed by atoms with Crippen LogP contribution in [0.1, 0.15) is 27.9 Å². The van der Waals surface area contributed by atoms with Gasteiger partial charge < -0.3 is 15.2 Å². The molecule has 1 aromatic heterocycles. The maximum atomic E-state index is 11.7. The zero-order chi connectivity index (χ0) is 14.1. The number of hydrogen-bond donors (Lipinski definition) is 2. The van der Waals surface area contributed by atoms with Crippen molar-refractivity contribution in [1.29, 1.82) is 0 Å². The molecule has 0 atom stereocenters. The number of hydrogen-bond acceptors (Lipinski definition) is 4. The van der Waals surface area contributed by atoms with Crippen molar-refractivity contribution in [2.75, 3.05) is 19.8 Å². The van der Waals surface area contributed by atoms with E-state index in [1.54, 1.807) is 12.1 Å². The van der Waals surface area contributed by atoms with Crippen LogP contribution in [0.4, 0.5) is 0 Å². The topological polar surface area (TPSA) is 75.6 Å². The van der Waals surface area contributed by atoms with Crippen LogP contribution < -0.4 is 5.32 Å². The largest absolute Gasteiger partial charge is 0.478 e. The maximum absolute atomic E-state index is 11.7. The van der Waals surface area contributed by atoms with Crippen LogP contribution in [-0.4, -0.2) is 36.7 Å². The van der Waals surface area contributed by atoms with Gasteiger partial charge in [-0.25, -0.2) is 4.79 Å². The summed E-state index contributed by atoms with van der Waals surface area (Å²) in [4.78, 5) is 23.4. The van der Waals surface area contributed by atoms with E-state index in [4.69, 9.17) is 9.84 Å². The quantitative estimate of drug-likeness (QED) is 0.565. The molecule has 0 fully saturated rings. The highest BCUT2D eigenvalue weighted by Gasteiger charge is 2.07. The van der Waals surface area contributed by atoms with Crippen LogP contribution in [-0.2, 0) is 9.53 Å². The second-order valence-corrected chi connectivity index (χ2v) is 4.80. The number of thiophene rings is 1. The lowest BCUT2D eigenvalue weighted by atomic mass is 10.3. The number of carbonyl (C=O) groups is 2. The van der Waals surface area contributed by atoms with Gasteiger partial charge in [0.05, 0.1) is 4.88 Å². The second kappa shape index (κ2) is 8.44. The molecule has 0 saturated carbocycles. The van der Waals surface area contributed by atoms with Crippen molar-refractivity contribution in [3.63, 3.8) is 0 Å². The molecule has 1 rings (SSSR count). The summed E-state index contributed by atoms with van der Waals surface area (Å²) in [5.41, 5.74) is 0. The molecule has 19 heavy (non-hydrogen) atoms. The number of carbonyl (C=O) groups excluding carboxylic acids is 1. The molecule has 0 aliphatic carbocycles. The Kier molecular flexibility index (Phi) is 6.84. The van der Waals surface area contributed by atoms with E-state index in [9.17, 15) is 9.59 Å². The monoisotopic (exact) mass is 283 g/mol. The molecule has 5 nitrogen and oxygen atoms in total. The van der Waals surface area contributed by atoms with Crippen LogP contribution in [0.5, 0.6) is 0 Å². The van der Waals surface area contributed by atoms with Crippen molar-refractivity contribution in [3.8, 4) is 0 Å². The number of carboxylic acid groups (broad SMARTS) is 1. The normalized spacial score (nSPS) is 10.8. The smallest absolute Gasteiger partial charge is 0.328 e. The third-order valence-electron chi connectivity index (χ3n) is 2.20. The Bertz CT molecular complexity index is 453. The summed E-state index contributed by atoms with van der Waals surface area (Å²) >= 11 is 1.26. The van der Waals surface area contributed by atoms with Gasteiger partial charge in [0.1, 0.15) is 0 Å². The summed E-state index contributed by atoms with van der Waals surface area (Å²) in [6.45, 7) is 3.80. The molecule has 2 N–H and O–H groups in total. The summed E-state index contributed by atoms with van der Waals surface area (Å²) < 4.78 is 5.17. The Morgan fingerprint density at radius 1 is 1.47 bits per heavy atom. The average Bonchev–Trinajstić information content (AvgIpc) is 2.84. The lowest BCUT2D eigenvalue weighted by Gasteiger charge is -2.03. The molecule has 1 aromatic rings. The standard InChI is InChI=1S/C13H17NO4S/c1-2-18-9-3-8-14-13(17)11-6-4-10(19-11)5-7-12(15)16/h4-7H,2-3,8-9H2,1H3,(H,14,17)(H,15,16)/b7-5+. The molecular weight excluding hydrogens is 266 g/mol. The van der Waals surface area contributed by atoms with Gasteiger partial charge in [0.15, 0.2) is 0 Å². The fraction of sp³-hybridized carbons (Fsp3) is 0.385. The van der Waals surface area contributed by atoms with Gasteiger partial charge in [0, 0.05) is 30.7 Å². The summed E-state index contributed by atoms with van der Waals surface area (Å²) in [6, 6.07) is 3.41. The molecule has 1 heterocycles. The molecular formula is C13H17NO4S. The van der Waals surface area contributed by atoms with Crippen molar-refractivity contribution >= 4 is 29.3 Å². The molecule has 0 saturated heterocycles. The minimum absolute atomic E-state index is 0.142. The van der Waals surface area contributed by atoms with Crippen molar-refractivity contribution in [3.05, 3.63) is 28.0 Å². The number of amides is 1. The van der Waals surface area contributed by atoms with E-state index in [1.807, 2.05) is 6.92 Å². The van der Waals surface area contributed by atoms with Crippen molar-refractivity contribution in [1.82, 2.24) is 5.32 Å². The van der Waals surface area contributed by atoms with Crippen LogP contribution in [0.3, 0.4) is 0 Å². The van der Waals surface area contributed by atoms with Gasteiger partial charge in [0.25, 0.3) is 5.91 Å². The predicted octanol–water partition coefficient (Wildman–Crippen LogP) is 2.00. The molecule has 0 aliphatic heterocycles. The Morgan fingerprint density at radius 3 is 2.95 bits per heavy atom. The van der Waals surface area contributed by atoms with Gasteiger partial charge in [-0.2, -0.15) is 0 Å². The van der Waals surface area contributed by atoms with Gasteiger partial charge in [0.2, 0.25) is 0 Å². The summed E-state index contributed by atoms with van der Waals surface area (Å²) in [6.07, 6.45) is 3.30. The van der Waals surface area contributed by atoms with Crippen molar-refractivity contribution in [2.45, 2.75) is 13.3 Å². The number of carboxylic acids is 1. The van der Waals surface area contributed by atoms with Crippen molar-refractivity contribution in [2.24, 2.45) is 0 Å². The number of aliphatic carboxylic acids is 1. The third-order valence-corrected chi connectivity index (χ3v) is 3.25. The van der Waals surface area contributed by atoms with E-state index in [-0.39, 0.29) is 5.91 Å². The highest BCUT2D eigenvalue weighted by atomic mass is 32.1. The molecule has 0 radical (unpaired) electrons. The minimum Gasteiger partial charge on any atom is -0.478 e. The van der Waals surface area contributed by atoms with E-state index < -0.39 is 5.97 Å². The Morgan fingerprint density at radius 2 is 2.26 bits per heavy atom. The second-order valence-electron chi connectivity index (χ2n) is 3.68. The first kappa shape index (κ1) is 15.4. The maximum Gasteiger partial charge on any atom is 0.328 e. The van der Waals surface area contributed by atoms with Crippen LogP contribution in [0, 0.1) is 0 Å². The van der Waals surface area contributed by atoms with Crippen LogP contribution in [0.25, 0.3) is 6.08 Å². The van der Waals surface area contributed by atoms with Gasteiger partial charge in [-0.3, -0.25) is 4.79 Å². The summed E-state index contributed by atoms with van der Waals surface area (Å²) in [7, 11) is 0.